The van der Waals surface area contributed by atoms with E-state index in [0.717, 1.165) is 19.3 Å². The van der Waals surface area contributed by atoms with Crippen LogP contribution in [0.3, 0.4) is 0 Å². The van der Waals surface area contributed by atoms with Crippen LogP contribution in [0.25, 0.3) is 0 Å². The van der Waals surface area contributed by atoms with Gasteiger partial charge in [-0.05, 0) is 38.0 Å². The Labute approximate surface area is 129 Å². The summed E-state index contributed by atoms with van der Waals surface area (Å²) in [6, 6.07) is 4.06. The SMILES string of the molecule is CC(N)C1CCCCN1S(=O)(=O)c1cc(Cl)ccc1Cl. The predicted octanol–water partition coefficient (Wildman–Crippen LogP) is 2.88. The standard InChI is InChI=1S/C13H18Cl2N2O2S/c1-9(16)12-4-2-3-7-17(12)20(18,19)13-8-10(14)5-6-11(13)15/h5-6,8-9,12H,2-4,7,16H2,1H3. The summed E-state index contributed by atoms with van der Waals surface area (Å²) in [6.07, 6.45) is 2.59. The Balaban J connectivity index is 2.45. The van der Waals surface area contributed by atoms with Crippen LogP contribution in [-0.2, 0) is 10.0 Å². The van der Waals surface area contributed by atoms with E-state index in [1.807, 2.05) is 6.92 Å². The summed E-state index contributed by atoms with van der Waals surface area (Å²) in [6.45, 7) is 2.30. The Hall–Kier alpha value is -0.330. The minimum absolute atomic E-state index is 0.0548. The minimum atomic E-state index is -3.67. The first-order valence-corrected chi connectivity index (χ1v) is 8.76. The first-order chi connectivity index (χ1) is 9.34. The van der Waals surface area contributed by atoms with Crippen molar-refractivity contribution in [1.29, 1.82) is 0 Å². The third kappa shape index (κ3) is 3.12. The van der Waals surface area contributed by atoms with Crippen LogP contribution < -0.4 is 5.73 Å². The molecule has 1 aliphatic rings. The van der Waals surface area contributed by atoms with E-state index in [1.54, 1.807) is 6.07 Å². The molecule has 0 saturated carbocycles. The van der Waals surface area contributed by atoms with Crippen molar-refractivity contribution in [3.63, 3.8) is 0 Å². The molecule has 0 aliphatic carbocycles. The fraction of sp³-hybridized carbons (Fsp3) is 0.538. The molecule has 20 heavy (non-hydrogen) atoms. The molecule has 0 spiro atoms. The number of nitrogens with two attached hydrogens (primary N) is 1. The Morgan fingerprint density at radius 1 is 1.35 bits per heavy atom. The summed E-state index contributed by atoms with van der Waals surface area (Å²) in [7, 11) is -3.67. The first-order valence-electron chi connectivity index (χ1n) is 6.56. The van der Waals surface area contributed by atoms with Crippen molar-refractivity contribution < 1.29 is 8.42 Å². The summed E-state index contributed by atoms with van der Waals surface area (Å²) >= 11 is 11.9. The Bertz CT molecular complexity index is 590. The van der Waals surface area contributed by atoms with Gasteiger partial charge in [0.2, 0.25) is 10.0 Å². The van der Waals surface area contributed by atoms with Gasteiger partial charge in [0, 0.05) is 23.7 Å². The molecule has 2 unspecified atom stereocenters. The molecule has 2 atom stereocenters. The molecule has 0 aromatic heterocycles. The lowest BCUT2D eigenvalue weighted by atomic mass is 10.00. The van der Waals surface area contributed by atoms with Gasteiger partial charge in [-0.1, -0.05) is 29.6 Å². The lowest BCUT2D eigenvalue weighted by molar-refractivity contribution is 0.227. The highest BCUT2D eigenvalue weighted by Crippen LogP contribution is 2.32. The van der Waals surface area contributed by atoms with E-state index in [2.05, 4.69) is 0 Å². The zero-order valence-electron chi connectivity index (χ0n) is 11.2. The normalized spacial score (nSPS) is 22.7. The van der Waals surface area contributed by atoms with Crippen molar-refractivity contribution in [3.8, 4) is 0 Å². The Kier molecular flexibility index (Phi) is 4.97. The maximum Gasteiger partial charge on any atom is 0.244 e. The maximum absolute atomic E-state index is 12.8. The van der Waals surface area contributed by atoms with E-state index in [-0.39, 0.29) is 22.0 Å². The van der Waals surface area contributed by atoms with Gasteiger partial charge in [0.25, 0.3) is 0 Å². The quantitative estimate of drug-likeness (QED) is 0.922. The molecule has 2 N–H and O–H groups in total. The van der Waals surface area contributed by atoms with Gasteiger partial charge in [0.1, 0.15) is 4.90 Å². The molecular formula is C13H18Cl2N2O2S. The van der Waals surface area contributed by atoms with Crippen LogP contribution in [0.4, 0.5) is 0 Å². The Morgan fingerprint density at radius 2 is 2.05 bits per heavy atom. The maximum atomic E-state index is 12.8. The number of hydrogen-bond donors (Lipinski definition) is 1. The van der Waals surface area contributed by atoms with Gasteiger partial charge in [-0.3, -0.25) is 0 Å². The molecule has 2 rings (SSSR count). The van der Waals surface area contributed by atoms with E-state index < -0.39 is 10.0 Å². The minimum Gasteiger partial charge on any atom is -0.326 e. The highest BCUT2D eigenvalue weighted by atomic mass is 35.5. The van der Waals surface area contributed by atoms with Crippen molar-refractivity contribution in [2.45, 2.75) is 43.2 Å². The number of benzene rings is 1. The monoisotopic (exact) mass is 336 g/mol. The molecular weight excluding hydrogens is 319 g/mol. The summed E-state index contributed by atoms with van der Waals surface area (Å²) < 4.78 is 27.1. The average molecular weight is 337 g/mol. The summed E-state index contributed by atoms with van der Waals surface area (Å²) in [5.41, 5.74) is 5.94. The average Bonchev–Trinajstić information content (AvgIpc) is 2.41. The molecule has 1 heterocycles. The molecule has 1 aromatic carbocycles. The lowest BCUT2D eigenvalue weighted by Crippen LogP contribution is -2.51. The van der Waals surface area contributed by atoms with Gasteiger partial charge < -0.3 is 5.73 Å². The zero-order valence-corrected chi connectivity index (χ0v) is 13.5. The van der Waals surface area contributed by atoms with Gasteiger partial charge in [-0.25, -0.2) is 8.42 Å². The van der Waals surface area contributed by atoms with Crippen LogP contribution >= 0.6 is 23.2 Å². The van der Waals surface area contributed by atoms with Gasteiger partial charge in [-0.2, -0.15) is 4.31 Å². The van der Waals surface area contributed by atoms with E-state index in [0.29, 0.717) is 11.6 Å². The van der Waals surface area contributed by atoms with Gasteiger partial charge in [0.05, 0.1) is 5.02 Å². The predicted molar refractivity (Wildman–Crippen MR) is 81.6 cm³/mol. The third-order valence-electron chi connectivity index (χ3n) is 3.59. The topological polar surface area (TPSA) is 63.4 Å². The van der Waals surface area contributed by atoms with Crippen LogP contribution in [0.2, 0.25) is 10.0 Å². The fourth-order valence-corrected chi connectivity index (χ4v) is 5.07. The highest BCUT2D eigenvalue weighted by molar-refractivity contribution is 7.89. The largest absolute Gasteiger partial charge is 0.326 e. The van der Waals surface area contributed by atoms with E-state index in [9.17, 15) is 8.42 Å². The van der Waals surface area contributed by atoms with Gasteiger partial charge in [0.15, 0.2) is 0 Å². The molecule has 0 bridgehead atoms. The van der Waals surface area contributed by atoms with Crippen LogP contribution in [0.15, 0.2) is 23.1 Å². The summed E-state index contributed by atoms with van der Waals surface area (Å²) in [5.74, 6) is 0. The third-order valence-corrected chi connectivity index (χ3v) is 6.23. The number of piperidine rings is 1. The van der Waals surface area contributed by atoms with E-state index in [4.69, 9.17) is 28.9 Å². The molecule has 1 saturated heterocycles. The lowest BCUT2D eigenvalue weighted by Gasteiger charge is -2.37. The van der Waals surface area contributed by atoms with Crippen LogP contribution in [-0.4, -0.2) is 31.4 Å². The molecule has 0 amide bonds. The second-order valence-corrected chi connectivity index (χ2v) is 7.82. The van der Waals surface area contributed by atoms with Crippen LogP contribution in [0.1, 0.15) is 26.2 Å². The Morgan fingerprint density at radius 3 is 2.70 bits per heavy atom. The summed E-state index contributed by atoms with van der Waals surface area (Å²) in [5, 5.41) is 0.533. The van der Waals surface area contributed by atoms with E-state index >= 15 is 0 Å². The van der Waals surface area contributed by atoms with Crippen molar-refractivity contribution in [1.82, 2.24) is 4.31 Å². The van der Waals surface area contributed by atoms with Crippen molar-refractivity contribution in [2.75, 3.05) is 6.54 Å². The molecule has 1 aliphatic heterocycles. The molecule has 7 heteroatoms. The molecule has 0 radical (unpaired) electrons. The summed E-state index contributed by atoms with van der Waals surface area (Å²) in [4.78, 5) is 0.0548. The van der Waals surface area contributed by atoms with Crippen molar-refractivity contribution in [3.05, 3.63) is 28.2 Å². The molecule has 1 fully saturated rings. The molecule has 4 nitrogen and oxygen atoms in total. The number of nitrogens with zero attached hydrogens (tertiary/aromatic N) is 1. The highest BCUT2D eigenvalue weighted by Gasteiger charge is 2.36. The number of halogens is 2. The molecule has 1 aromatic rings. The number of hydrogen-bond acceptors (Lipinski definition) is 3. The van der Waals surface area contributed by atoms with Gasteiger partial charge >= 0.3 is 0 Å². The zero-order chi connectivity index (χ0) is 14.9. The smallest absolute Gasteiger partial charge is 0.244 e. The van der Waals surface area contributed by atoms with E-state index in [1.165, 1.54) is 16.4 Å². The fourth-order valence-electron chi connectivity index (χ4n) is 2.56. The first kappa shape index (κ1) is 16.0. The second kappa shape index (κ2) is 6.20. The van der Waals surface area contributed by atoms with Crippen molar-refractivity contribution >= 4 is 33.2 Å². The van der Waals surface area contributed by atoms with Crippen LogP contribution in [0.5, 0.6) is 0 Å². The number of rotatable bonds is 3. The second-order valence-electron chi connectivity index (χ2n) is 5.11. The van der Waals surface area contributed by atoms with Crippen molar-refractivity contribution in [2.24, 2.45) is 5.73 Å². The number of sulfonamides is 1. The molecule has 112 valence electrons. The van der Waals surface area contributed by atoms with Crippen LogP contribution in [0, 0.1) is 0 Å². The van der Waals surface area contributed by atoms with Gasteiger partial charge in [-0.15, -0.1) is 0 Å².